The van der Waals surface area contributed by atoms with Gasteiger partial charge in [-0.15, -0.1) is 12.3 Å². The molecule has 2 nitrogen and oxygen atoms in total. The molecule has 14 heavy (non-hydrogen) atoms. The lowest BCUT2D eigenvalue weighted by Crippen LogP contribution is -2.29. The smallest absolute Gasteiger partial charge is 0.0575 e. The van der Waals surface area contributed by atoms with Crippen molar-refractivity contribution >= 4 is 0 Å². The lowest BCUT2D eigenvalue weighted by atomic mass is 9.80. The molecule has 1 fully saturated rings. The highest BCUT2D eigenvalue weighted by Crippen LogP contribution is 2.29. The molecule has 0 heterocycles. The summed E-state index contributed by atoms with van der Waals surface area (Å²) in [5, 5.41) is 0. The maximum Gasteiger partial charge on any atom is 0.0575 e. The number of hydrogen-bond donors (Lipinski definition) is 1. The molecule has 1 saturated carbocycles. The lowest BCUT2D eigenvalue weighted by molar-refractivity contribution is 0.0643. The van der Waals surface area contributed by atoms with Gasteiger partial charge in [0.05, 0.1) is 6.61 Å². The molecule has 0 aromatic carbocycles. The van der Waals surface area contributed by atoms with Crippen molar-refractivity contribution in [3.8, 4) is 12.3 Å². The molecule has 1 aliphatic carbocycles. The zero-order valence-electron chi connectivity index (χ0n) is 8.87. The maximum atomic E-state index is 5.74. The highest BCUT2D eigenvalue weighted by atomic mass is 16.5. The molecule has 0 aromatic heterocycles. The van der Waals surface area contributed by atoms with Gasteiger partial charge >= 0.3 is 0 Å². The zero-order chi connectivity index (χ0) is 10.2. The van der Waals surface area contributed by atoms with E-state index in [-0.39, 0.29) is 0 Å². The Morgan fingerprint density at radius 3 is 2.64 bits per heavy atom. The van der Waals surface area contributed by atoms with E-state index in [2.05, 4.69) is 5.92 Å². The van der Waals surface area contributed by atoms with E-state index in [9.17, 15) is 0 Å². The molecule has 2 unspecified atom stereocenters. The number of terminal acetylenes is 1. The highest BCUT2D eigenvalue weighted by molar-refractivity contribution is 4.83. The van der Waals surface area contributed by atoms with E-state index < -0.39 is 0 Å². The molecular formula is C12H21NO. The fourth-order valence-corrected chi connectivity index (χ4v) is 2.18. The molecule has 1 rings (SSSR count). The second-order valence-corrected chi connectivity index (χ2v) is 4.07. The minimum absolute atomic E-state index is 0.673. The first kappa shape index (κ1) is 11.6. The van der Waals surface area contributed by atoms with Gasteiger partial charge in [0.25, 0.3) is 0 Å². The van der Waals surface area contributed by atoms with Crippen molar-refractivity contribution in [1.29, 1.82) is 0 Å². The summed E-state index contributed by atoms with van der Waals surface area (Å²) >= 11 is 0. The number of nitrogens with two attached hydrogens (primary N) is 1. The Labute approximate surface area is 87.2 Å². The van der Waals surface area contributed by atoms with Gasteiger partial charge in [-0.1, -0.05) is 12.8 Å². The van der Waals surface area contributed by atoms with Crippen LogP contribution in [0, 0.1) is 24.2 Å². The Hall–Kier alpha value is -0.520. The third-order valence-corrected chi connectivity index (χ3v) is 3.09. The molecule has 0 aromatic rings. The second kappa shape index (κ2) is 6.86. The largest absolute Gasteiger partial charge is 0.380 e. The summed E-state index contributed by atoms with van der Waals surface area (Å²) in [4.78, 5) is 0. The zero-order valence-corrected chi connectivity index (χ0v) is 8.87. The van der Waals surface area contributed by atoms with E-state index in [1.54, 1.807) is 0 Å². The van der Waals surface area contributed by atoms with Crippen LogP contribution in [-0.2, 0) is 4.74 Å². The van der Waals surface area contributed by atoms with Crippen molar-refractivity contribution < 1.29 is 4.74 Å². The van der Waals surface area contributed by atoms with Crippen LogP contribution in [-0.4, -0.2) is 19.8 Å². The van der Waals surface area contributed by atoms with Crippen LogP contribution in [0.5, 0.6) is 0 Å². The third-order valence-electron chi connectivity index (χ3n) is 3.09. The Balaban J connectivity index is 2.17. The number of ether oxygens (including phenoxy) is 1. The van der Waals surface area contributed by atoms with Crippen LogP contribution in [0.3, 0.4) is 0 Å². The van der Waals surface area contributed by atoms with Gasteiger partial charge in [-0.2, -0.15) is 0 Å². The summed E-state index contributed by atoms with van der Waals surface area (Å²) in [6.07, 6.45) is 11.1. The van der Waals surface area contributed by atoms with Gasteiger partial charge < -0.3 is 10.5 Å². The first-order chi connectivity index (χ1) is 6.88. The summed E-state index contributed by atoms with van der Waals surface area (Å²) in [7, 11) is 0. The molecule has 0 spiro atoms. The summed E-state index contributed by atoms with van der Waals surface area (Å²) in [6, 6.07) is 0. The molecule has 80 valence electrons. The summed E-state index contributed by atoms with van der Waals surface area (Å²) in [6.45, 7) is 2.36. The standard InChI is InChI=1S/C12H21NO/c1-2-3-8-14-10-12-7-5-4-6-11(12)9-13/h1,11-12H,3-10,13H2. The maximum absolute atomic E-state index is 5.74. The van der Waals surface area contributed by atoms with Gasteiger partial charge in [0.15, 0.2) is 0 Å². The summed E-state index contributed by atoms with van der Waals surface area (Å²) in [5.74, 6) is 3.93. The van der Waals surface area contributed by atoms with E-state index in [1.807, 2.05) is 0 Å². The van der Waals surface area contributed by atoms with Gasteiger partial charge in [0.1, 0.15) is 0 Å². The van der Waals surface area contributed by atoms with Gasteiger partial charge in [-0.05, 0) is 31.2 Å². The van der Waals surface area contributed by atoms with Crippen LogP contribution in [0.15, 0.2) is 0 Å². The SMILES string of the molecule is C#CCCOCC1CCCCC1CN. The molecule has 0 aliphatic heterocycles. The predicted molar refractivity (Wildman–Crippen MR) is 58.8 cm³/mol. The van der Waals surface area contributed by atoms with E-state index >= 15 is 0 Å². The number of hydrogen-bond acceptors (Lipinski definition) is 2. The van der Waals surface area contributed by atoms with Gasteiger partial charge in [0.2, 0.25) is 0 Å². The van der Waals surface area contributed by atoms with Crippen molar-refractivity contribution in [1.82, 2.24) is 0 Å². The molecule has 0 bridgehead atoms. The van der Waals surface area contributed by atoms with Crippen LogP contribution in [0.25, 0.3) is 0 Å². The van der Waals surface area contributed by atoms with E-state index in [4.69, 9.17) is 16.9 Å². The Kier molecular flexibility index (Phi) is 5.66. The normalized spacial score (nSPS) is 27.1. The predicted octanol–water partition coefficient (Wildman–Crippen LogP) is 1.79. The van der Waals surface area contributed by atoms with Crippen molar-refractivity contribution in [2.24, 2.45) is 17.6 Å². The topological polar surface area (TPSA) is 35.2 Å². The minimum atomic E-state index is 0.673. The Morgan fingerprint density at radius 1 is 1.29 bits per heavy atom. The fourth-order valence-electron chi connectivity index (χ4n) is 2.18. The van der Waals surface area contributed by atoms with Crippen molar-refractivity contribution in [3.63, 3.8) is 0 Å². The quantitative estimate of drug-likeness (QED) is 0.536. The first-order valence-corrected chi connectivity index (χ1v) is 5.59. The van der Waals surface area contributed by atoms with Gasteiger partial charge in [-0.25, -0.2) is 0 Å². The molecule has 1 aliphatic rings. The van der Waals surface area contributed by atoms with E-state index in [0.29, 0.717) is 18.4 Å². The second-order valence-electron chi connectivity index (χ2n) is 4.07. The summed E-state index contributed by atoms with van der Waals surface area (Å²) in [5.41, 5.74) is 5.74. The molecule has 2 heteroatoms. The van der Waals surface area contributed by atoms with E-state index in [0.717, 1.165) is 19.6 Å². The van der Waals surface area contributed by atoms with Crippen molar-refractivity contribution in [3.05, 3.63) is 0 Å². The van der Waals surface area contributed by atoms with Gasteiger partial charge in [0, 0.05) is 13.0 Å². The molecular weight excluding hydrogens is 174 g/mol. The van der Waals surface area contributed by atoms with Gasteiger partial charge in [-0.3, -0.25) is 0 Å². The van der Waals surface area contributed by atoms with Crippen LogP contribution in [0.4, 0.5) is 0 Å². The lowest BCUT2D eigenvalue weighted by Gasteiger charge is -2.30. The average Bonchev–Trinajstić information content (AvgIpc) is 2.25. The summed E-state index contributed by atoms with van der Waals surface area (Å²) < 4.78 is 5.55. The van der Waals surface area contributed by atoms with Crippen molar-refractivity contribution in [2.45, 2.75) is 32.1 Å². The van der Waals surface area contributed by atoms with Crippen LogP contribution >= 0.6 is 0 Å². The molecule has 0 saturated heterocycles. The Morgan fingerprint density at radius 2 is 2.00 bits per heavy atom. The number of rotatable bonds is 5. The molecule has 2 atom stereocenters. The van der Waals surface area contributed by atoms with Crippen molar-refractivity contribution in [2.75, 3.05) is 19.8 Å². The highest BCUT2D eigenvalue weighted by Gasteiger charge is 2.23. The average molecular weight is 195 g/mol. The van der Waals surface area contributed by atoms with Crippen LogP contribution in [0.2, 0.25) is 0 Å². The molecule has 2 N–H and O–H groups in total. The van der Waals surface area contributed by atoms with E-state index in [1.165, 1.54) is 25.7 Å². The van der Waals surface area contributed by atoms with Crippen LogP contribution in [0.1, 0.15) is 32.1 Å². The first-order valence-electron chi connectivity index (χ1n) is 5.59. The third kappa shape index (κ3) is 3.69. The molecule has 0 radical (unpaired) electrons. The van der Waals surface area contributed by atoms with Crippen LogP contribution < -0.4 is 5.73 Å². The minimum Gasteiger partial charge on any atom is -0.380 e. The monoisotopic (exact) mass is 195 g/mol. The molecule has 0 amide bonds. The fraction of sp³-hybridized carbons (Fsp3) is 0.833. The Bertz CT molecular complexity index is 185.